The summed E-state index contributed by atoms with van der Waals surface area (Å²) in [6.45, 7) is -0.0613. The van der Waals surface area contributed by atoms with Gasteiger partial charge in [0.25, 0.3) is 0 Å². The zero-order chi connectivity index (χ0) is 8.32. The maximum atomic E-state index is 8.62. The van der Waals surface area contributed by atoms with E-state index in [2.05, 4.69) is 34.6 Å². The van der Waals surface area contributed by atoms with Gasteiger partial charge in [-0.15, -0.1) is 17.7 Å². The highest BCUT2D eigenvalue weighted by atomic mass is 35.5. The molecule has 0 aromatic heterocycles. The van der Waals surface area contributed by atoms with Crippen LogP contribution in [0.3, 0.4) is 0 Å². The van der Waals surface area contributed by atoms with Crippen molar-refractivity contribution < 1.29 is 5.11 Å². The van der Waals surface area contributed by atoms with Crippen LogP contribution in [0.25, 0.3) is 0 Å². The van der Waals surface area contributed by atoms with Gasteiger partial charge < -0.3 is 5.11 Å². The molecule has 4 nitrogen and oxygen atoms in total. The van der Waals surface area contributed by atoms with Crippen molar-refractivity contribution in [3.63, 3.8) is 0 Å². The van der Waals surface area contributed by atoms with Crippen molar-refractivity contribution in [3.8, 4) is 0 Å². The minimum Gasteiger partial charge on any atom is -0.396 e. The smallest absolute Gasteiger partial charge is 0.191 e. The average Bonchev–Trinajstić information content (AvgIpc) is 1.96. The van der Waals surface area contributed by atoms with E-state index in [0.29, 0.717) is 4.91 Å². The zero-order valence-electron chi connectivity index (χ0n) is 5.58. The fourth-order valence-corrected chi connectivity index (χ4v) is 1.02. The lowest BCUT2D eigenvalue weighted by Crippen LogP contribution is -2.25. The summed E-state index contributed by atoms with van der Waals surface area (Å²) >= 11 is 9.91. The van der Waals surface area contributed by atoms with Crippen molar-refractivity contribution in [1.82, 2.24) is 5.43 Å². The Labute approximate surface area is 74.7 Å². The molecule has 1 aliphatic rings. The number of aliphatic hydroxyl groups is 1. The van der Waals surface area contributed by atoms with Crippen molar-refractivity contribution in [2.24, 2.45) is 10.3 Å². The maximum Gasteiger partial charge on any atom is 0.191 e. The Morgan fingerprint density at radius 1 is 1.82 bits per heavy atom. The third-order valence-electron chi connectivity index (χ3n) is 1.24. The quantitative estimate of drug-likeness (QED) is 0.345. The molecule has 11 heavy (non-hydrogen) atoms. The second-order valence-corrected chi connectivity index (χ2v) is 3.09. The third-order valence-corrected chi connectivity index (χ3v) is 2.31. The van der Waals surface area contributed by atoms with Gasteiger partial charge in [-0.25, -0.2) is 0 Å². The molecule has 1 heterocycles. The van der Waals surface area contributed by atoms with Gasteiger partial charge in [0, 0.05) is 13.0 Å². The molecule has 0 fully saturated rings. The van der Waals surface area contributed by atoms with Crippen molar-refractivity contribution in [1.29, 1.82) is 0 Å². The van der Waals surface area contributed by atoms with E-state index in [1.807, 2.05) is 0 Å². The van der Waals surface area contributed by atoms with E-state index in [0.717, 1.165) is 0 Å². The first kappa shape index (κ1) is 8.83. The van der Waals surface area contributed by atoms with Crippen LogP contribution < -0.4 is 5.43 Å². The number of thiol groups is 1. The Balaban J connectivity index is 2.73. The Kier molecular flexibility index (Phi) is 2.75. The van der Waals surface area contributed by atoms with Gasteiger partial charge in [0.15, 0.2) is 5.00 Å². The molecule has 1 rings (SSSR count). The van der Waals surface area contributed by atoms with E-state index in [-0.39, 0.29) is 13.0 Å². The van der Waals surface area contributed by atoms with Crippen LogP contribution in [-0.4, -0.2) is 16.7 Å². The van der Waals surface area contributed by atoms with Crippen LogP contribution in [0.4, 0.5) is 0 Å². The molecule has 0 saturated carbocycles. The number of rotatable bonds is 2. The summed E-state index contributed by atoms with van der Waals surface area (Å²) in [6.07, 6.45) is 2.87. The van der Waals surface area contributed by atoms with Gasteiger partial charge in [0.2, 0.25) is 0 Å². The Morgan fingerprint density at radius 2 is 2.55 bits per heavy atom. The highest BCUT2D eigenvalue weighted by molar-refractivity contribution is 7.84. The minimum absolute atomic E-state index is 0.0613. The van der Waals surface area contributed by atoms with Crippen LogP contribution in [0.5, 0.6) is 0 Å². The molecule has 0 aromatic carbocycles. The summed E-state index contributed by atoms with van der Waals surface area (Å²) in [6, 6.07) is 0. The molecule has 1 radical (unpaired) electrons. The summed E-state index contributed by atoms with van der Waals surface area (Å²) in [5.74, 6) is 0. The lowest BCUT2D eigenvalue weighted by Gasteiger charge is -2.21. The molecule has 0 bridgehead atoms. The molecule has 0 saturated heterocycles. The summed E-state index contributed by atoms with van der Waals surface area (Å²) in [7, 11) is 0. The van der Waals surface area contributed by atoms with Gasteiger partial charge in [-0.1, -0.05) is 16.8 Å². The maximum absolute atomic E-state index is 8.62. The van der Waals surface area contributed by atoms with Gasteiger partial charge >= 0.3 is 0 Å². The van der Waals surface area contributed by atoms with Crippen molar-refractivity contribution in [2.45, 2.75) is 11.4 Å². The normalized spacial score (nSPS) is 29.5. The molecule has 61 valence electrons. The standard InChI is InChI=1S/C5H7ClN3OS/c6-5(1-2-10)4(11)3-7-9-8-5/h10-11H,1-2H2,(H,7,8). The van der Waals surface area contributed by atoms with Crippen molar-refractivity contribution in [3.05, 3.63) is 11.1 Å². The van der Waals surface area contributed by atoms with E-state index in [4.69, 9.17) is 16.7 Å². The predicted octanol–water partition coefficient (Wildman–Crippen LogP) is 0.849. The number of nitrogens with zero attached hydrogens (tertiary/aromatic N) is 2. The van der Waals surface area contributed by atoms with Gasteiger partial charge in [-0.2, -0.15) is 0 Å². The summed E-state index contributed by atoms with van der Waals surface area (Å²) in [5.41, 5.74) is 2.38. The Bertz CT molecular complexity index is 208. The molecular formula is C5H7ClN3OS. The highest BCUT2D eigenvalue weighted by Gasteiger charge is 2.31. The summed E-state index contributed by atoms with van der Waals surface area (Å²) in [5, 5.41) is 15.7. The second-order valence-electron chi connectivity index (χ2n) is 2.02. The van der Waals surface area contributed by atoms with Gasteiger partial charge in [-0.3, -0.25) is 5.43 Å². The van der Waals surface area contributed by atoms with Crippen LogP contribution in [0.1, 0.15) is 6.42 Å². The number of aliphatic hydroxyl groups excluding tert-OH is 1. The highest BCUT2D eigenvalue weighted by Crippen LogP contribution is 2.33. The topological polar surface area (TPSA) is 57.0 Å². The first-order valence-corrected chi connectivity index (χ1v) is 3.80. The Hall–Kier alpha value is -0.260. The number of nitrogens with one attached hydrogen (secondary N) is 1. The zero-order valence-corrected chi connectivity index (χ0v) is 7.23. The third kappa shape index (κ3) is 1.85. The number of hydrogen-bond acceptors (Lipinski definition) is 5. The molecule has 2 N–H and O–H groups in total. The van der Waals surface area contributed by atoms with Gasteiger partial charge in [-0.05, 0) is 0 Å². The van der Waals surface area contributed by atoms with E-state index < -0.39 is 5.00 Å². The first-order chi connectivity index (χ1) is 5.19. The minimum atomic E-state index is -1.02. The number of hydrogen-bond donors (Lipinski definition) is 3. The van der Waals surface area contributed by atoms with E-state index in [1.54, 1.807) is 0 Å². The molecule has 1 atom stereocenters. The molecule has 0 aromatic rings. The summed E-state index contributed by atoms with van der Waals surface area (Å²) in [4.78, 5) is -0.591. The van der Waals surface area contributed by atoms with Gasteiger partial charge in [0.05, 0.1) is 11.1 Å². The predicted molar refractivity (Wildman–Crippen MR) is 44.0 cm³/mol. The van der Waals surface area contributed by atoms with Crippen molar-refractivity contribution >= 4 is 24.2 Å². The second kappa shape index (κ2) is 3.42. The average molecular weight is 193 g/mol. The van der Waals surface area contributed by atoms with Crippen molar-refractivity contribution in [2.75, 3.05) is 6.61 Å². The van der Waals surface area contributed by atoms with E-state index in [9.17, 15) is 0 Å². The molecule has 0 aliphatic carbocycles. The van der Waals surface area contributed by atoms with Crippen LogP contribution >= 0.6 is 24.2 Å². The lowest BCUT2D eigenvalue weighted by molar-refractivity contribution is 0.273. The van der Waals surface area contributed by atoms with E-state index in [1.165, 1.54) is 0 Å². The van der Waals surface area contributed by atoms with Crippen LogP contribution in [-0.2, 0) is 0 Å². The molecule has 0 amide bonds. The monoisotopic (exact) mass is 192 g/mol. The summed E-state index contributed by atoms with van der Waals surface area (Å²) < 4.78 is 0. The fraction of sp³-hybridized carbons (Fsp3) is 0.600. The SMILES string of the molecule is OCCC1(Cl)N=NN[C]=C1S. The first-order valence-electron chi connectivity index (χ1n) is 2.98. The van der Waals surface area contributed by atoms with Crippen LogP contribution in [0.15, 0.2) is 15.2 Å². The molecule has 1 unspecified atom stereocenters. The lowest BCUT2D eigenvalue weighted by atomic mass is 10.2. The fourth-order valence-electron chi connectivity index (χ4n) is 0.642. The van der Waals surface area contributed by atoms with Gasteiger partial charge in [0.1, 0.15) is 0 Å². The number of halogens is 1. The van der Waals surface area contributed by atoms with Crippen LogP contribution in [0.2, 0.25) is 0 Å². The van der Waals surface area contributed by atoms with Crippen LogP contribution in [0, 0.1) is 6.20 Å². The number of alkyl halides is 1. The molecule has 1 aliphatic heterocycles. The van der Waals surface area contributed by atoms with E-state index >= 15 is 0 Å². The Morgan fingerprint density at radius 3 is 3.09 bits per heavy atom. The molecule has 6 heteroatoms. The molecule has 0 spiro atoms. The largest absolute Gasteiger partial charge is 0.396 e. The molecular weight excluding hydrogens is 186 g/mol.